The Kier molecular flexibility index (Phi) is 3.97. The molecule has 0 bridgehead atoms. The average molecular weight is 284 g/mol. The summed E-state index contributed by atoms with van der Waals surface area (Å²) in [6.45, 7) is 9.96. The van der Waals surface area contributed by atoms with E-state index in [0.717, 1.165) is 0 Å². The van der Waals surface area contributed by atoms with Crippen molar-refractivity contribution in [2.24, 2.45) is 5.41 Å². The number of ether oxygens (including phenoxy) is 4. The molecule has 0 aliphatic carbocycles. The van der Waals surface area contributed by atoms with Gasteiger partial charge in [0, 0.05) is 7.11 Å². The van der Waals surface area contributed by atoms with Gasteiger partial charge in [0.2, 0.25) is 0 Å². The van der Waals surface area contributed by atoms with Gasteiger partial charge in [0.25, 0.3) is 0 Å². The fraction of sp³-hybridized carbons (Fsp3) is 0.800. The Morgan fingerprint density at radius 1 is 1.20 bits per heavy atom. The summed E-state index contributed by atoms with van der Waals surface area (Å²) in [5.74, 6) is -1.17. The molecular weight excluding hydrogens is 260 g/mol. The minimum Gasteiger partial charge on any atom is -0.454 e. The van der Waals surface area contributed by atoms with Gasteiger partial charge in [-0.25, -0.2) is 4.79 Å². The minimum atomic E-state index is -0.779. The minimum absolute atomic E-state index is 0.0323. The van der Waals surface area contributed by atoms with E-state index >= 15 is 0 Å². The molecule has 114 valence electrons. The molecule has 2 heterocycles. The number of hydrogen-bond donors (Lipinski definition) is 0. The topological polar surface area (TPSA) is 54.0 Å². The first-order valence-corrected chi connectivity index (χ1v) is 6.91. The van der Waals surface area contributed by atoms with Gasteiger partial charge >= 0.3 is 5.97 Å². The second-order valence-corrected chi connectivity index (χ2v) is 6.85. The van der Waals surface area contributed by atoms with E-state index in [1.54, 1.807) is 0 Å². The van der Waals surface area contributed by atoms with Gasteiger partial charge in [-0.15, -0.1) is 0 Å². The second-order valence-electron chi connectivity index (χ2n) is 6.85. The van der Waals surface area contributed by atoms with Crippen LogP contribution < -0.4 is 0 Å². The number of esters is 1. The van der Waals surface area contributed by atoms with Crippen molar-refractivity contribution < 1.29 is 23.7 Å². The monoisotopic (exact) mass is 284 g/mol. The maximum atomic E-state index is 11.8. The summed E-state index contributed by atoms with van der Waals surface area (Å²) in [6, 6.07) is 0. The van der Waals surface area contributed by atoms with Gasteiger partial charge in [-0.3, -0.25) is 0 Å². The largest absolute Gasteiger partial charge is 0.454 e. The summed E-state index contributed by atoms with van der Waals surface area (Å²) in [5.41, 5.74) is 0.0323. The van der Waals surface area contributed by atoms with Crippen LogP contribution in [-0.2, 0) is 23.7 Å². The van der Waals surface area contributed by atoms with Crippen LogP contribution in [0.4, 0.5) is 0 Å². The Morgan fingerprint density at radius 2 is 1.85 bits per heavy atom. The Bertz CT molecular complexity index is 407. The van der Waals surface area contributed by atoms with Gasteiger partial charge in [-0.1, -0.05) is 32.9 Å². The fourth-order valence-electron chi connectivity index (χ4n) is 2.47. The molecule has 0 aromatic rings. The zero-order chi connectivity index (χ0) is 15.1. The van der Waals surface area contributed by atoms with E-state index in [1.807, 2.05) is 19.9 Å². The van der Waals surface area contributed by atoms with Crippen molar-refractivity contribution in [3.8, 4) is 0 Å². The molecule has 0 aromatic carbocycles. The molecule has 2 fully saturated rings. The standard InChI is InChI=1S/C15H24O5/c1-14(2,3)8-7-9-10-11(20-15(4,5)19-9)12(17-6)13(16)18-10/h7-12H,1-6H3/b8-7+/t9-,10+,11-,12?/m1/s1. The normalized spacial score (nSPS) is 37.0. The molecule has 2 aliphatic heterocycles. The van der Waals surface area contributed by atoms with Crippen LogP contribution in [0.25, 0.3) is 0 Å². The molecule has 5 heteroatoms. The number of allylic oxidation sites excluding steroid dienone is 1. The van der Waals surface area contributed by atoms with E-state index in [0.29, 0.717) is 0 Å². The number of methoxy groups -OCH3 is 1. The van der Waals surface area contributed by atoms with Crippen LogP contribution in [0.15, 0.2) is 12.2 Å². The Labute approximate surface area is 120 Å². The van der Waals surface area contributed by atoms with E-state index < -0.39 is 30.1 Å². The molecule has 5 nitrogen and oxygen atoms in total. The van der Waals surface area contributed by atoms with Crippen molar-refractivity contribution in [3.05, 3.63) is 12.2 Å². The third-order valence-corrected chi connectivity index (χ3v) is 3.31. The van der Waals surface area contributed by atoms with Gasteiger partial charge in [0.15, 0.2) is 18.0 Å². The van der Waals surface area contributed by atoms with Crippen molar-refractivity contribution in [2.45, 2.75) is 64.8 Å². The highest BCUT2D eigenvalue weighted by Crippen LogP contribution is 2.36. The fourth-order valence-corrected chi connectivity index (χ4v) is 2.47. The lowest BCUT2D eigenvalue weighted by Gasteiger charge is -2.41. The predicted molar refractivity (Wildman–Crippen MR) is 73.1 cm³/mol. The molecule has 0 N–H and O–H groups in total. The molecule has 0 spiro atoms. The highest BCUT2D eigenvalue weighted by molar-refractivity contribution is 5.78. The summed E-state index contributed by atoms with van der Waals surface area (Å²) in [7, 11) is 1.49. The number of carbonyl (C=O) groups excluding carboxylic acids is 1. The average Bonchev–Trinajstić information content (AvgIpc) is 2.59. The SMILES string of the molecule is COC1C(=O)O[C@H]2[C@@H](/C=C/C(C)(C)C)OC(C)(C)O[C@@H]12. The number of rotatable bonds is 2. The molecular formula is C15H24O5. The van der Waals surface area contributed by atoms with Crippen molar-refractivity contribution in [2.75, 3.05) is 7.11 Å². The smallest absolute Gasteiger partial charge is 0.338 e. The maximum absolute atomic E-state index is 11.8. The van der Waals surface area contributed by atoms with Crippen LogP contribution in [0.3, 0.4) is 0 Å². The summed E-state index contributed by atoms with van der Waals surface area (Å²) in [5, 5.41) is 0. The van der Waals surface area contributed by atoms with Crippen molar-refractivity contribution in [1.29, 1.82) is 0 Å². The summed E-state index contributed by atoms with van der Waals surface area (Å²) in [4.78, 5) is 11.8. The first-order valence-electron chi connectivity index (χ1n) is 6.91. The van der Waals surface area contributed by atoms with Crippen molar-refractivity contribution in [1.82, 2.24) is 0 Å². The Hall–Kier alpha value is -0.910. The molecule has 2 aliphatic rings. The second kappa shape index (κ2) is 5.13. The highest BCUT2D eigenvalue weighted by Gasteiger charge is 2.55. The van der Waals surface area contributed by atoms with E-state index in [2.05, 4.69) is 26.8 Å². The van der Waals surface area contributed by atoms with Crippen LogP contribution in [0.1, 0.15) is 34.6 Å². The maximum Gasteiger partial charge on any atom is 0.338 e. The van der Waals surface area contributed by atoms with Crippen molar-refractivity contribution in [3.63, 3.8) is 0 Å². The quantitative estimate of drug-likeness (QED) is 0.574. The van der Waals surface area contributed by atoms with Gasteiger partial charge in [0.05, 0.1) is 0 Å². The van der Waals surface area contributed by atoms with Gasteiger partial charge in [-0.2, -0.15) is 0 Å². The lowest BCUT2D eigenvalue weighted by atomic mass is 9.94. The van der Waals surface area contributed by atoms with E-state index in [1.165, 1.54) is 7.11 Å². The van der Waals surface area contributed by atoms with E-state index in [4.69, 9.17) is 18.9 Å². The molecule has 2 saturated heterocycles. The molecule has 0 radical (unpaired) electrons. The Balaban J connectivity index is 2.24. The molecule has 0 saturated carbocycles. The summed E-state index contributed by atoms with van der Waals surface area (Å²) < 4.78 is 22.3. The predicted octanol–water partition coefficient (Wildman–Crippen LogP) is 2.05. The van der Waals surface area contributed by atoms with Crippen LogP contribution in [0, 0.1) is 5.41 Å². The van der Waals surface area contributed by atoms with Crippen LogP contribution >= 0.6 is 0 Å². The lowest BCUT2D eigenvalue weighted by Crippen LogP contribution is -2.54. The molecule has 2 rings (SSSR count). The Morgan fingerprint density at radius 3 is 2.40 bits per heavy atom. The third-order valence-electron chi connectivity index (χ3n) is 3.31. The molecule has 1 unspecified atom stereocenters. The highest BCUT2D eigenvalue weighted by atomic mass is 16.8. The number of hydrogen-bond acceptors (Lipinski definition) is 5. The number of carbonyl (C=O) groups is 1. The molecule has 4 atom stereocenters. The van der Waals surface area contributed by atoms with Gasteiger partial charge in [-0.05, 0) is 19.3 Å². The van der Waals surface area contributed by atoms with E-state index in [-0.39, 0.29) is 11.5 Å². The summed E-state index contributed by atoms with van der Waals surface area (Å²) in [6.07, 6.45) is 2.10. The third kappa shape index (κ3) is 3.22. The first kappa shape index (κ1) is 15.5. The van der Waals surface area contributed by atoms with E-state index in [9.17, 15) is 4.79 Å². The first-order chi connectivity index (χ1) is 9.13. The number of fused-ring (bicyclic) bond motifs is 1. The van der Waals surface area contributed by atoms with Crippen LogP contribution in [0.5, 0.6) is 0 Å². The van der Waals surface area contributed by atoms with Crippen LogP contribution in [0.2, 0.25) is 0 Å². The van der Waals surface area contributed by atoms with Crippen molar-refractivity contribution >= 4 is 5.97 Å². The summed E-state index contributed by atoms with van der Waals surface area (Å²) >= 11 is 0. The van der Waals surface area contributed by atoms with Gasteiger partial charge in [0.1, 0.15) is 12.2 Å². The zero-order valence-corrected chi connectivity index (χ0v) is 13.0. The zero-order valence-electron chi connectivity index (χ0n) is 13.0. The molecule has 20 heavy (non-hydrogen) atoms. The van der Waals surface area contributed by atoms with Crippen LogP contribution in [-0.4, -0.2) is 43.3 Å². The molecule has 0 aromatic heterocycles. The lowest BCUT2D eigenvalue weighted by molar-refractivity contribution is -0.318. The molecule has 0 amide bonds. The van der Waals surface area contributed by atoms with Gasteiger partial charge < -0.3 is 18.9 Å².